The minimum atomic E-state index is -2.74. The van der Waals surface area contributed by atoms with Crippen molar-refractivity contribution in [3.63, 3.8) is 0 Å². The Bertz CT molecular complexity index is 179. The Labute approximate surface area is 84.7 Å². The summed E-state index contributed by atoms with van der Waals surface area (Å²) in [7, 11) is -2.74. The van der Waals surface area contributed by atoms with Crippen molar-refractivity contribution in [2.24, 2.45) is 5.92 Å². The normalized spacial score (nSPS) is 10.5. The first-order valence-electron chi connectivity index (χ1n) is 4.40. The van der Waals surface area contributed by atoms with Crippen LogP contribution in [0.15, 0.2) is 0 Å². The Hall–Kier alpha value is -0.0500. The van der Waals surface area contributed by atoms with E-state index in [9.17, 15) is 8.42 Å². The van der Waals surface area contributed by atoms with Crippen LogP contribution in [-0.2, 0) is 9.84 Å². The van der Waals surface area contributed by atoms with Crippen LogP contribution in [0.5, 0.6) is 0 Å². The van der Waals surface area contributed by atoms with Crippen LogP contribution in [0.25, 0.3) is 0 Å². The average molecular weight is 210 g/mol. The van der Waals surface area contributed by atoms with Gasteiger partial charge in [-0.05, 0) is 19.8 Å². The summed E-state index contributed by atoms with van der Waals surface area (Å²) in [5.41, 5.74) is 0. The van der Waals surface area contributed by atoms with Crippen molar-refractivity contribution in [3.8, 4) is 0 Å². The third-order valence-electron chi connectivity index (χ3n) is 1.67. The molecule has 0 N–H and O–H groups in total. The second-order valence-corrected chi connectivity index (χ2v) is 6.28. The van der Waals surface area contributed by atoms with Crippen LogP contribution in [0.2, 0.25) is 0 Å². The molecule has 0 spiro atoms. The predicted octanol–water partition coefficient (Wildman–Crippen LogP) is 3.13. The highest BCUT2D eigenvalue weighted by Crippen LogP contribution is 1.94. The molecule has 0 rings (SSSR count). The maximum atomic E-state index is 10.3. The van der Waals surface area contributed by atoms with Crippen molar-refractivity contribution in [2.45, 2.75) is 53.7 Å². The fraction of sp³-hybridized carbons (Fsp3) is 1.00. The van der Waals surface area contributed by atoms with Gasteiger partial charge in [0.05, 0.1) is 5.25 Å². The van der Waals surface area contributed by atoms with E-state index in [4.69, 9.17) is 0 Å². The van der Waals surface area contributed by atoms with Crippen molar-refractivity contribution in [1.29, 1.82) is 0 Å². The van der Waals surface area contributed by atoms with E-state index >= 15 is 0 Å². The molecule has 0 saturated heterocycles. The Morgan fingerprint density at radius 3 is 1.23 bits per heavy atom. The summed E-state index contributed by atoms with van der Waals surface area (Å²) in [5, 5.41) is -0.229. The Balaban J connectivity index is -0.000000150. The smallest absolute Gasteiger partial charge is 0.149 e. The first-order chi connectivity index (χ1) is 5.21. The van der Waals surface area contributed by atoms with Crippen molar-refractivity contribution in [3.05, 3.63) is 0 Å². The first kappa shape index (κ1) is 18.7. The molecule has 0 amide bonds. The zero-order valence-corrected chi connectivity index (χ0v) is 9.90. The van der Waals surface area contributed by atoms with Crippen LogP contribution in [-0.4, -0.2) is 19.9 Å². The summed E-state index contributed by atoms with van der Waals surface area (Å²) in [6.07, 6.45) is 2.54. The minimum Gasteiger partial charge on any atom is -0.229 e. The second kappa shape index (κ2) is 8.54. The van der Waals surface area contributed by atoms with E-state index in [1.54, 1.807) is 13.8 Å². The van der Waals surface area contributed by atoms with Gasteiger partial charge in [-0.25, -0.2) is 8.42 Å². The monoisotopic (exact) mass is 210 g/mol. The molecule has 0 heterocycles. The maximum absolute atomic E-state index is 10.3. The lowest BCUT2D eigenvalue weighted by molar-refractivity contribution is 0.593. The number of sulfone groups is 1. The van der Waals surface area contributed by atoms with E-state index in [0.29, 0.717) is 0 Å². The molecule has 84 valence electrons. The third-order valence-corrected chi connectivity index (χ3v) is 3.39. The van der Waals surface area contributed by atoms with Gasteiger partial charge in [-0.1, -0.05) is 34.6 Å². The van der Waals surface area contributed by atoms with Crippen LogP contribution >= 0.6 is 0 Å². The van der Waals surface area contributed by atoms with E-state index in [-0.39, 0.29) is 12.7 Å². The van der Waals surface area contributed by atoms with Gasteiger partial charge in [-0.3, -0.25) is 0 Å². The molecular weight excluding hydrogens is 184 g/mol. The number of hydrogen-bond donors (Lipinski definition) is 0. The van der Waals surface area contributed by atoms with Gasteiger partial charge in [-0.15, -0.1) is 0 Å². The van der Waals surface area contributed by atoms with Crippen molar-refractivity contribution in [1.82, 2.24) is 0 Å². The first-order valence-corrected chi connectivity index (χ1v) is 6.36. The molecule has 3 heteroatoms. The molecule has 0 radical (unpaired) electrons. The van der Waals surface area contributed by atoms with Crippen molar-refractivity contribution < 1.29 is 8.42 Å². The lowest BCUT2D eigenvalue weighted by Gasteiger charge is -1.96. The number of rotatable bonds is 2. The summed E-state index contributed by atoms with van der Waals surface area (Å²) < 4.78 is 20.7. The quantitative estimate of drug-likeness (QED) is 0.701. The van der Waals surface area contributed by atoms with Gasteiger partial charge in [0.2, 0.25) is 0 Å². The second-order valence-electron chi connectivity index (χ2n) is 3.68. The van der Waals surface area contributed by atoms with Crippen LogP contribution < -0.4 is 0 Å². The van der Waals surface area contributed by atoms with E-state index in [1.807, 2.05) is 0 Å². The van der Waals surface area contributed by atoms with Crippen LogP contribution in [0, 0.1) is 5.92 Å². The SMILES string of the molecule is C.CC(C)S(C)(=O)=O.CCC(C)C. The minimum absolute atomic E-state index is 0. The molecule has 2 nitrogen and oxygen atoms in total. The van der Waals surface area contributed by atoms with Crippen LogP contribution in [0.1, 0.15) is 48.5 Å². The van der Waals surface area contributed by atoms with Gasteiger partial charge in [0.1, 0.15) is 9.84 Å². The third kappa shape index (κ3) is 18.7. The summed E-state index contributed by atoms with van der Waals surface area (Å²) in [6, 6.07) is 0. The molecule has 0 atom stereocenters. The van der Waals surface area contributed by atoms with Gasteiger partial charge in [0.25, 0.3) is 0 Å². The van der Waals surface area contributed by atoms with E-state index < -0.39 is 9.84 Å². The standard InChI is InChI=1S/C5H12.C4H10O2S.CH4/c1-4-5(2)3;1-4(2)7(3,5)6;/h5H,4H2,1-3H3;4H,1-3H3;1H4. The summed E-state index contributed by atoms with van der Waals surface area (Å²) in [5.74, 6) is 0.884. The highest BCUT2D eigenvalue weighted by Gasteiger charge is 2.05. The maximum Gasteiger partial charge on any atom is 0.149 e. The fourth-order valence-electron chi connectivity index (χ4n) is 0. The molecular formula is C10H26O2S. The fourth-order valence-corrected chi connectivity index (χ4v) is 0. The topological polar surface area (TPSA) is 34.1 Å². The lowest BCUT2D eigenvalue weighted by Crippen LogP contribution is -2.10. The van der Waals surface area contributed by atoms with Gasteiger partial charge < -0.3 is 0 Å². The van der Waals surface area contributed by atoms with Gasteiger partial charge >= 0.3 is 0 Å². The molecule has 0 aliphatic carbocycles. The molecule has 0 fully saturated rings. The molecule has 13 heavy (non-hydrogen) atoms. The highest BCUT2D eigenvalue weighted by atomic mass is 32.2. The van der Waals surface area contributed by atoms with Crippen molar-refractivity contribution >= 4 is 9.84 Å². The Morgan fingerprint density at radius 1 is 1.08 bits per heavy atom. The molecule has 0 bridgehead atoms. The van der Waals surface area contributed by atoms with Gasteiger partial charge in [0.15, 0.2) is 0 Å². The average Bonchev–Trinajstić information content (AvgIpc) is 1.87. The Morgan fingerprint density at radius 2 is 1.23 bits per heavy atom. The summed E-state index contributed by atoms with van der Waals surface area (Å²) >= 11 is 0. The van der Waals surface area contributed by atoms with E-state index in [0.717, 1.165) is 5.92 Å². The largest absolute Gasteiger partial charge is 0.229 e. The molecule has 0 aliphatic heterocycles. The zero-order valence-electron chi connectivity index (χ0n) is 9.09. The predicted molar refractivity (Wildman–Crippen MR) is 61.8 cm³/mol. The van der Waals surface area contributed by atoms with E-state index in [1.165, 1.54) is 12.7 Å². The van der Waals surface area contributed by atoms with E-state index in [2.05, 4.69) is 20.8 Å². The number of hydrogen-bond acceptors (Lipinski definition) is 2. The molecule has 0 aromatic heterocycles. The molecule has 0 aromatic carbocycles. The van der Waals surface area contributed by atoms with Gasteiger partial charge in [0, 0.05) is 6.26 Å². The summed E-state index contributed by atoms with van der Waals surface area (Å²) in [4.78, 5) is 0. The molecule has 0 unspecified atom stereocenters. The molecule has 0 aromatic rings. The summed E-state index contributed by atoms with van der Waals surface area (Å²) in [6.45, 7) is 9.97. The van der Waals surface area contributed by atoms with Crippen LogP contribution in [0.3, 0.4) is 0 Å². The molecule has 0 saturated carbocycles. The lowest BCUT2D eigenvalue weighted by atomic mass is 10.2. The van der Waals surface area contributed by atoms with Crippen molar-refractivity contribution in [2.75, 3.05) is 6.26 Å². The molecule has 0 aliphatic rings. The Kier molecular flexibility index (Phi) is 12.3. The van der Waals surface area contributed by atoms with Crippen LogP contribution in [0.4, 0.5) is 0 Å². The van der Waals surface area contributed by atoms with Gasteiger partial charge in [-0.2, -0.15) is 0 Å². The highest BCUT2D eigenvalue weighted by molar-refractivity contribution is 7.91. The zero-order chi connectivity index (χ0) is 10.4.